The maximum Gasteiger partial charge on any atom is 0.309 e. The first-order valence-corrected chi connectivity index (χ1v) is 10.6. The Morgan fingerprint density at radius 3 is 2.32 bits per heavy atom. The third-order valence-corrected chi connectivity index (χ3v) is 6.09. The van der Waals surface area contributed by atoms with Gasteiger partial charge in [-0.25, -0.2) is 0 Å². The Balaban J connectivity index is 1.72. The normalized spacial score (nSPS) is 18.0. The number of rotatable bonds is 2. The van der Waals surface area contributed by atoms with Crippen molar-refractivity contribution in [3.05, 3.63) is 71.0 Å². The van der Waals surface area contributed by atoms with Crippen molar-refractivity contribution in [3.8, 4) is 22.3 Å². The molecule has 5 rings (SSSR count). The fraction of sp³-hybridized carbons (Fsp3) is 0.250. The predicted octanol–water partition coefficient (Wildman–Crippen LogP) is 4.18. The molecule has 0 aliphatic carbocycles. The number of H-pyrrole nitrogens is 1. The molecule has 1 spiro atoms. The van der Waals surface area contributed by atoms with Gasteiger partial charge in [-0.1, -0.05) is 41.9 Å². The third-order valence-electron chi connectivity index (χ3n) is 5.77. The fourth-order valence-electron chi connectivity index (χ4n) is 4.39. The molecule has 0 amide bonds. The number of carbonyl (C=O) groups excluding carboxylic acids is 2. The van der Waals surface area contributed by atoms with Crippen LogP contribution in [0.5, 0.6) is 0 Å². The second-order valence-electron chi connectivity index (χ2n) is 7.73. The summed E-state index contributed by atoms with van der Waals surface area (Å²) in [5.41, 5.74) is 5.41. The van der Waals surface area contributed by atoms with Crippen LogP contribution in [0.2, 0.25) is 5.02 Å². The molecule has 2 aromatic carbocycles. The quantitative estimate of drug-likeness (QED) is 0.589. The number of nitrogens with one attached hydrogen (secondary N) is 2. The van der Waals surface area contributed by atoms with Crippen LogP contribution < -0.4 is 5.32 Å². The summed E-state index contributed by atoms with van der Waals surface area (Å²) in [6, 6.07) is 13.6. The van der Waals surface area contributed by atoms with Gasteiger partial charge in [-0.2, -0.15) is 0 Å². The number of aromatic nitrogens is 1. The second kappa shape index (κ2) is 7.87. The van der Waals surface area contributed by atoms with Crippen LogP contribution in [0, 0.1) is 0 Å². The van der Waals surface area contributed by atoms with Gasteiger partial charge in [0, 0.05) is 39.7 Å². The minimum absolute atomic E-state index is 0.00628. The molecule has 31 heavy (non-hydrogen) atoms. The number of ether oxygens (including phenoxy) is 2. The molecule has 6 nitrogen and oxygen atoms in total. The van der Waals surface area contributed by atoms with Crippen LogP contribution in [0.25, 0.3) is 22.3 Å². The first-order valence-electron chi connectivity index (χ1n) is 10.3. The molecule has 0 saturated carbocycles. The molecule has 0 radical (unpaired) electrons. The highest BCUT2D eigenvalue weighted by Crippen LogP contribution is 2.44. The molecule has 1 fully saturated rings. The van der Waals surface area contributed by atoms with E-state index in [2.05, 4.69) is 10.3 Å². The maximum atomic E-state index is 12.3. The Bertz CT molecular complexity index is 1140. The van der Waals surface area contributed by atoms with Gasteiger partial charge in [-0.05, 0) is 36.2 Å². The Kier molecular flexibility index (Phi) is 5.04. The van der Waals surface area contributed by atoms with E-state index < -0.39 is 17.7 Å². The van der Waals surface area contributed by atoms with Gasteiger partial charge in [0.1, 0.15) is 0 Å². The molecule has 2 aliphatic rings. The number of benzene rings is 2. The zero-order valence-electron chi connectivity index (χ0n) is 16.7. The van der Waals surface area contributed by atoms with Crippen LogP contribution in [0.4, 0.5) is 0 Å². The van der Waals surface area contributed by atoms with E-state index in [1.54, 1.807) is 12.1 Å². The van der Waals surface area contributed by atoms with Crippen LogP contribution in [0.15, 0.2) is 54.9 Å². The Morgan fingerprint density at radius 2 is 1.58 bits per heavy atom. The molecule has 3 heterocycles. The lowest BCUT2D eigenvalue weighted by atomic mass is 9.88. The van der Waals surface area contributed by atoms with Gasteiger partial charge in [-0.15, -0.1) is 0 Å². The summed E-state index contributed by atoms with van der Waals surface area (Å²) in [4.78, 5) is 27.9. The van der Waals surface area contributed by atoms with Crippen LogP contribution in [-0.2, 0) is 31.3 Å². The highest BCUT2D eigenvalue weighted by Gasteiger charge is 2.46. The summed E-state index contributed by atoms with van der Waals surface area (Å²) in [6.07, 6.45) is 4.51. The van der Waals surface area contributed by atoms with E-state index in [0.717, 1.165) is 27.8 Å². The van der Waals surface area contributed by atoms with Gasteiger partial charge in [-0.3, -0.25) is 9.59 Å². The zero-order valence-corrected chi connectivity index (χ0v) is 17.5. The van der Waals surface area contributed by atoms with Crippen LogP contribution in [0.1, 0.15) is 24.0 Å². The van der Waals surface area contributed by atoms with Gasteiger partial charge in [0.05, 0.1) is 19.4 Å². The summed E-state index contributed by atoms with van der Waals surface area (Å²) in [7, 11) is 0. The fourth-order valence-corrected chi connectivity index (χ4v) is 4.67. The average Bonchev–Trinajstić information content (AvgIpc) is 3.11. The van der Waals surface area contributed by atoms with E-state index in [-0.39, 0.29) is 19.4 Å². The minimum atomic E-state index is -1.50. The zero-order chi connectivity index (χ0) is 21.4. The summed E-state index contributed by atoms with van der Waals surface area (Å²) in [5, 5.41) is 3.84. The summed E-state index contributed by atoms with van der Waals surface area (Å²) >= 11 is 6.73. The van der Waals surface area contributed by atoms with Gasteiger partial charge in [0.2, 0.25) is 0 Å². The molecular weight excluding hydrogens is 416 g/mol. The number of aromatic amines is 1. The maximum absolute atomic E-state index is 12.3. The number of fused-ring (bicyclic) bond motifs is 2. The lowest BCUT2D eigenvalue weighted by Crippen LogP contribution is -2.43. The molecule has 0 bridgehead atoms. The monoisotopic (exact) mass is 436 g/mol. The van der Waals surface area contributed by atoms with Gasteiger partial charge >= 0.3 is 11.9 Å². The first-order chi connectivity index (χ1) is 15.1. The molecular formula is C24H21ClN2O4. The highest BCUT2D eigenvalue weighted by molar-refractivity contribution is 6.33. The van der Waals surface area contributed by atoms with Gasteiger partial charge < -0.3 is 19.8 Å². The largest absolute Gasteiger partial charge is 0.416 e. The van der Waals surface area contributed by atoms with Crippen LogP contribution in [0.3, 0.4) is 0 Å². The molecule has 158 valence electrons. The van der Waals surface area contributed by atoms with E-state index in [0.29, 0.717) is 23.6 Å². The Hall–Kier alpha value is -3.09. The van der Waals surface area contributed by atoms with E-state index in [9.17, 15) is 9.59 Å². The number of carbonyl (C=O) groups is 2. The van der Waals surface area contributed by atoms with Crippen molar-refractivity contribution < 1.29 is 19.1 Å². The molecule has 0 atom stereocenters. The molecule has 2 aliphatic heterocycles. The summed E-state index contributed by atoms with van der Waals surface area (Å²) < 4.78 is 11.5. The highest BCUT2D eigenvalue weighted by atomic mass is 35.5. The second-order valence-corrected chi connectivity index (χ2v) is 8.13. The van der Waals surface area contributed by atoms with E-state index in [1.165, 1.54) is 0 Å². The lowest BCUT2D eigenvalue weighted by Gasteiger charge is -2.32. The van der Waals surface area contributed by atoms with Crippen LogP contribution in [-0.4, -0.2) is 30.0 Å². The van der Waals surface area contributed by atoms with Crippen molar-refractivity contribution in [1.29, 1.82) is 0 Å². The molecule has 0 unspecified atom stereocenters. The number of halogens is 1. The van der Waals surface area contributed by atoms with Gasteiger partial charge in [0.25, 0.3) is 5.79 Å². The number of hydrogen-bond acceptors (Lipinski definition) is 5. The average molecular weight is 437 g/mol. The van der Waals surface area contributed by atoms with E-state index in [4.69, 9.17) is 21.1 Å². The summed E-state index contributed by atoms with van der Waals surface area (Å²) in [6.45, 7) is 0.819. The lowest BCUT2D eigenvalue weighted by molar-refractivity contribution is -0.225. The Labute approximate surface area is 184 Å². The van der Waals surface area contributed by atoms with Gasteiger partial charge in [0.15, 0.2) is 0 Å². The molecule has 1 saturated heterocycles. The molecule has 7 heteroatoms. The SMILES string of the molecule is O=C1CCC(=O)OC2(CNCCc3c2ccc(Cl)c3-c2c[nH]cc2-c2ccccc2)O1. The van der Waals surface area contributed by atoms with Crippen LogP contribution >= 0.6 is 11.6 Å². The first kappa shape index (κ1) is 19.8. The summed E-state index contributed by atoms with van der Waals surface area (Å²) in [5.74, 6) is -2.41. The van der Waals surface area contributed by atoms with E-state index in [1.807, 2.05) is 42.7 Å². The van der Waals surface area contributed by atoms with E-state index >= 15 is 0 Å². The van der Waals surface area contributed by atoms with Crippen molar-refractivity contribution >= 4 is 23.5 Å². The third kappa shape index (κ3) is 3.52. The van der Waals surface area contributed by atoms with Crippen molar-refractivity contribution in [2.75, 3.05) is 13.1 Å². The van der Waals surface area contributed by atoms with Crippen molar-refractivity contribution in [1.82, 2.24) is 10.3 Å². The van der Waals surface area contributed by atoms with Crippen molar-refractivity contribution in [2.45, 2.75) is 25.0 Å². The predicted molar refractivity (Wildman–Crippen MR) is 116 cm³/mol. The van der Waals surface area contributed by atoms with Crippen molar-refractivity contribution in [2.24, 2.45) is 0 Å². The Morgan fingerprint density at radius 1 is 0.871 bits per heavy atom. The molecule has 3 aromatic rings. The molecule has 1 aromatic heterocycles. The number of hydrogen-bond donors (Lipinski definition) is 2. The molecule has 2 N–H and O–H groups in total. The standard InChI is InChI=1S/C24H21ClN2O4/c25-20-7-6-19-16(10-11-26-14-24(19)30-21(28)8-9-22(29)31-24)23(20)18-13-27-12-17(18)15-4-2-1-3-5-15/h1-7,12-13,26-27H,8-11,14H2. The minimum Gasteiger partial charge on any atom is -0.416 e. The number of esters is 2. The van der Waals surface area contributed by atoms with Crippen molar-refractivity contribution in [3.63, 3.8) is 0 Å². The topological polar surface area (TPSA) is 80.4 Å². The smallest absolute Gasteiger partial charge is 0.309 e.